The van der Waals surface area contributed by atoms with Crippen molar-refractivity contribution in [3.8, 4) is 0 Å². The van der Waals surface area contributed by atoms with Crippen molar-refractivity contribution in [2.75, 3.05) is 6.61 Å². The molecule has 0 heterocycles. The van der Waals surface area contributed by atoms with Crippen LogP contribution in [0.2, 0.25) is 5.02 Å². The van der Waals surface area contributed by atoms with Crippen LogP contribution in [0.25, 0.3) is 6.08 Å². The van der Waals surface area contributed by atoms with Gasteiger partial charge in [-0.15, -0.1) is 0 Å². The van der Waals surface area contributed by atoms with E-state index in [0.717, 1.165) is 5.56 Å². The standard InChI is InChI=1S/C12H12ClNO3/c1-9(12(15)16)14-17-8-4-6-10-5-2-3-7-11(10)13/h2-7H,8H2,1H3,(H,15,16). The number of carbonyl (C=O) groups is 1. The van der Waals surface area contributed by atoms with Gasteiger partial charge in [0.05, 0.1) is 0 Å². The van der Waals surface area contributed by atoms with Crippen LogP contribution < -0.4 is 0 Å². The number of benzene rings is 1. The molecule has 0 bridgehead atoms. The first-order valence-electron chi connectivity index (χ1n) is 4.92. The number of oxime groups is 1. The zero-order valence-electron chi connectivity index (χ0n) is 9.26. The van der Waals surface area contributed by atoms with Gasteiger partial charge in [0.1, 0.15) is 6.61 Å². The third-order valence-corrected chi connectivity index (χ3v) is 2.23. The van der Waals surface area contributed by atoms with Gasteiger partial charge in [0.15, 0.2) is 5.71 Å². The monoisotopic (exact) mass is 253 g/mol. The van der Waals surface area contributed by atoms with E-state index in [9.17, 15) is 4.79 Å². The molecule has 0 unspecified atom stereocenters. The van der Waals surface area contributed by atoms with Crippen molar-refractivity contribution in [3.05, 3.63) is 40.9 Å². The number of nitrogens with zero attached hydrogens (tertiary/aromatic N) is 1. The fourth-order valence-electron chi connectivity index (χ4n) is 1.00. The maximum atomic E-state index is 10.4. The van der Waals surface area contributed by atoms with E-state index in [0.29, 0.717) is 5.02 Å². The van der Waals surface area contributed by atoms with Gasteiger partial charge >= 0.3 is 5.97 Å². The third-order valence-electron chi connectivity index (χ3n) is 1.88. The molecule has 0 spiro atoms. The van der Waals surface area contributed by atoms with Crippen molar-refractivity contribution in [3.63, 3.8) is 0 Å². The first kappa shape index (κ1) is 13.3. The van der Waals surface area contributed by atoms with Crippen LogP contribution in [0.3, 0.4) is 0 Å². The van der Waals surface area contributed by atoms with Crippen molar-refractivity contribution in [2.45, 2.75) is 6.92 Å². The molecule has 1 rings (SSSR count). The predicted molar refractivity (Wildman–Crippen MR) is 67.2 cm³/mol. The summed E-state index contributed by atoms with van der Waals surface area (Å²) in [5.74, 6) is -1.10. The Morgan fingerprint density at radius 3 is 2.88 bits per heavy atom. The molecular weight excluding hydrogens is 242 g/mol. The smallest absolute Gasteiger partial charge is 0.353 e. The summed E-state index contributed by atoms with van der Waals surface area (Å²) in [4.78, 5) is 15.2. The molecule has 4 nitrogen and oxygen atoms in total. The van der Waals surface area contributed by atoms with Gasteiger partial charge in [-0.2, -0.15) is 0 Å². The maximum Gasteiger partial charge on any atom is 0.353 e. The summed E-state index contributed by atoms with van der Waals surface area (Å²) in [5, 5.41) is 12.6. The second kappa shape index (κ2) is 6.70. The predicted octanol–water partition coefficient (Wildman–Crippen LogP) is 2.83. The lowest BCUT2D eigenvalue weighted by Crippen LogP contribution is -2.08. The van der Waals surface area contributed by atoms with Crippen LogP contribution in [-0.2, 0) is 9.63 Å². The summed E-state index contributed by atoms with van der Waals surface area (Å²) in [6.45, 7) is 1.55. The van der Waals surface area contributed by atoms with Crippen LogP contribution in [0.4, 0.5) is 0 Å². The Morgan fingerprint density at radius 1 is 1.53 bits per heavy atom. The molecule has 1 aromatic carbocycles. The minimum absolute atomic E-state index is 0.0869. The zero-order valence-corrected chi connectivity index (χ0v) is 10.0. The summed E-state index contributed by atoms with van der Waals surface area (Å²) in [5.41, 5.74) is 0.785. The first-order valence-corrected chi connectivity index (χ1v) is 5.30. The van der Waals surface area contributed by atoms with Gasteiger partial charge < -0.3 is 9.94 Å². The SMILES string of the molecule is CC(=NOCC=Cc1ccccc1Cl)C(=O)O. The number of hydrogen-bond donors (Lipinski definition) is 1. The molecule has 90 valence electrons. The van der Waals surface area contributed by atoms with Gasteiger partial charge in [0, 0.05) is 5.02 Å². The average molecular weight is 254 g/mol. The van der Waals surface area contributed by atoms with E-state index in [-0.39, 0.29) is 12.3 Å². The first-order chi connectivity index (χ1) is 8.11. The Kier molecular flexibility index (Phi) is 5.23. The molecule has 0 aromatic heterocycles. The molecule has 0 aliphatic carbocycles. The van der Waals surface area contributed by atoms with Crippen molar-refractivity contribution < 1.29 is 14.7 Å². The van der Waals surface area contributed by atoms with Gasteiger partial charge in [-0.1, -0.05) is 41.0 Å². The minimum Gasteiger partial charge on any atom is -0.477 e. The number of rotatable bonds is 5. The molecule has 5 heteroatoms. The summed E-state index contributed by atoms with van der Waals surface area (Å²) < 4.78 is 0. The molecule has 0 aliphatic heterocycles. The van der Waals surface area contributed by atoms with Crippen molar-refractivity contribution >= 4 is 29.4 Å². The van der Waals surface area contributed by atoms with Crippen molar-refractivity contribution in [2.24, 2.45) is 5.16 Å². The van der Waals surface area contributed by atoms with E-state index < -0.39 is 5.97 Å². The molecule has 1 aromatic rings. The Bertz CT molecular complexity index is 455. The van der Waals surface area contributed by atoms with Crippen molar-refractivity contribution in [1.29, 1.82) is 0 Å². The van der Waals surface area contributed by atoms with Gasteiger partial charge in [-0.05, 0) is 24.6 Å². The molecule has 0 saturated heterocycles. The van der Waals surface area contributed by atoms with E-state index in [4.69, 9.17) is 21.5 Å². The number of carboxylic acid groups (broad SMARTS) is 1. The Morgan fingerprint density at radius 2 is 2.24 bits per heavy atom. The summed E-state index contributed by atoms with van der Waals surface area (Å²) in [6, 6.07) is 7.37. The van der Waals surface area contributed by atoms with Crippen LogP contribution >= 0.6 is 11.6 Å². The largest absolute Gasteiger partial charge is 0.477 e. The summed E-state index contributed by atoms with van der Waals surface area (Å²) in [7, 11) is 0. The highest BCUT2D eigenvalue weighted by atomic mass is 35.5. The third kappa shape index (κ3) is 4.70. The van der Waals surface area contributed by atoms with E-state index in [2.05, 4.69) is 5.16 Å². The molecule has 0 atom stereocenters. The molecule has 0 fully saturated rings. The van der Waals surface area contributed by atoms with Gasteiger partial charge in [0.25, 0.3) is 0 Å². The number of carboxylic acids is 1. The topological polar surface area (TPSA) is 58.9 Å². The molecular formula is C12H12ClNO3. The van der Waals surface area contributed by atoms with Crippen molar-refractivity contribution in [1.82, 2.24) is 0 Å². The second-order valence-electron chi connectivity index (χ2n) is 3.20. The number of aliphatic carboxylic acids is 1. The highest BCUT2D eigenvalue weighted by molar-refractivity contribution is 6.34. The maximum absolute atomic E-state index is 10.4. The van der Waals surface area contributed by atoms with Gasteiger partial charge in [0.2, 0.25) is 0 Å². The highest BCUT2D eigenvalue weighted by Crippen LogP contribution is 2.15. The Hall–Kier alpha value is -1.81. The van der Waals surface area contributed by atoms with E-state index in [1.807, 2.05) is 18.2 Å². The lowest BCUT2D eigenvalue weighted by atomic mass is 10.2. The zero-order chi connectivity index (χ0) is 12.7. The van der Waals surface area contributed by atoms with Crippen LogP contribution in [0, 0.1) is 0 Å². The van der Waals surface area contributed by atoms with Crippen LogP contribution in [0.5, 0.6) is 0 Å². The van der Waals surface area contributed by atoms with Crippen LogP contribution in [0.15, 0.2) is 35.5 Å². The molecule has 1 N–H and O–H groups in total. The van der Waals surface area contributed by atoms with Gasteiger partial charge in [-0.3, -0.25) is 0 Å². The van der Waals surface area contributed by atoms with E-state index >= 15 is 0 Å². The number of hydrogen-bond acceptors (Lipinski definition) is 3. The average Bonchev–Trinajstić information content (AvgIpc) is 2.30. The lowest BCUT2D eigenvalue weighted by molar-refractivity contribution is -0.129. The fourth-order valence-corrected chi connectivity index (χ4v) is 1.20. The fraction of sp³-hybridized carbons (Fsp3) is 0.167. The molecule has 0 aliphatic rings. The van der Waals surface area contributed by atoms with Crippen LogP contribution in [0.1, 0.15) is 12.5 Å². The van der Waals surface area contributed by atoms with Crippen LogP contribution in [-0.4, -0.2) is 23.4 Å². The Balaban J connectivity index is 2.45. The second-order valence-corrected chi connectivity index (χ2v) is 3.61. The minimum atomic E-state index is -1.10. The van der Waals surface area contributed by atoms with E-state index in [1.165, 1.54) is 6.92 Å². The summed E-state index contributed by atoms with van der Waals surface area (Å²) >= 11 is 5.93. The quantitative estimate of drug-likeness (QED) is 0.499. The molecule has 0 amide bonds. The Labute approximate surface area is 104 Å². The lowest BCUT2D eigenvalue weighted by Gasteiger charge is -1.97. The molecule has 17 heavy (non-hydrogen) atoms. The highest BCUT2D eigenvalue weighted by Gasteiger charge is 2.00. The molecule has 0 saturated carbocycles. The van der Waals surface area contributed by atoms with Gasteiger partial charge in [-0.25, -0.2) is 4.79 Å². The van der Waals surface area contributed by atoms with E-state index in [1.54, 1.807) is 18.2 Å². The molecule has 0 radical (unpaired) electrons. The summed E-state index contributed by atoms with van der Waals surface area (Å²) in [6.07, 6.45) is 3.49. The normalized spacial score (nSPS) is 11.8. The number of halogens is 1.